The fourth-order valence-corrected chi connectivity index (χ4v) is 2.51. The van der Waals surface area contributed by atoms with Crippen LogP contribution in [0.5, 0.6) is 0 Å². The van der Waals surface area contributed by atoms with E-state index >= 15 is 0 Å². The van der Waals surface area contributed by atoms with Crippen molar-refractivity contribution < 1.29 is 14.3 Å². The minimum Gasteiger partial charge on any atom is -0.378 e. The van der Waals surface area contributed by atoms with Gasteiger partial charge in [0.25, 0.3) is 5.91 Å². The topological polar surface area (TPSA) is 67.8 Å². The molecule has 0 aliphatic carbocycles. The van der Waals surface area contributed by atoms with Crippen LogP contribution in [-0.4, -0.2) is 73.4 Å². The molecule has 0 spiro atoms. The molecular formula is C13H17ClN4O3. The van der Waals surface area contributed by atoms with Crippen molar-refractivity contribution in [2.75, 3.05) is 57.5 Å². The van der Waals surface area contributed by atoms with Crippen molar-refractivity contribution in [3.05, 3.63) is 16.9 Å². The maximum absolute atomic E-state index is 12.5. The summed E-state index contributed by atoms with van der Waals surface area (Å²) in [5.41, 5.74) is 0.259. The number of ether oxygens (including phenoxy) is 2. The highest BCUT2D eigenvalue weighted by Crippen LogP contribution is 2.19. The Balaban J connectivity index is 1.81. The predicted molar refractivity (Wildman–Crippen MR) is 76.8 cm³/mol. The lowest BCUT2D eigenvalue weighted by Crippen LogP contribution is -2.42. The van der Waals surface area contributed by atoms with E-state index in [-0.39, 0.29) is 16.6 Å². The number of anilines is 1. The highest BCUT2D eigenvalue weighted by atomic mass is 35.5. The number of aromatic nitrogens is 2. The zero-order valence-corrected chi connectivity index (χ0v) is 12.4. The molecule has 0 unspecified atom stereocenters. The maximum Gasteiger partial charge on any atom is 0.274 e. The molecule has 2 saturated heterocycles. The Morgan fingerprint density at radius 2 is 1.71 bits per heavy atom. The summed E-state index contributed by atoms with van der Waals surface area (Å²) in [6, 6.07) is 0. The van der Waals surface area contributed by atoms with Crippen LogP contribution in [0.15, 0.2) is 6.20 Å². The van der Waals surface area contributed by atoms with Crippen LogP contribution in [0.3, 0.4) is 0 Å². The SMILES string of the molecule is O=C(c1nc(N2CCOCC2)ncc1Cl)N1CCOCC1. The van der Waals surface area contributed by atoms with Crippen LogP contribution in [-0.2, 0) is 9.47 Å². The van der Waals surface area contributed by atoms with Gasteiger partial charge in [-0.15, -0.1) is 0 Å². The molecule has 0 N–H and O–H groups in total. The first-order valence-corrected chi connectivity index (χ1v) is 7.36. The number of morpholine rings is 2. The van der Waals surface area contributed by atoms with Gasteiger partial charge in [0.2, 0.25) is 5.95 Å². The predicted octanol–water partition coefficient (Wildman–Crippen LogP) is 0.439. The molecule has 2 aliphatic rings. The third-order valence-corrected chi connectivity index (χ3v) is 3.80. The molecule has 0 bridgehead atoms. The van der Waals surface area contributed by atoms with Crippen LogP contribution >= 0.6 is 11.6 Å². The van der Waals surface area contributed by atoms with Gasteiger partial charge in [-0.2, -0.15) is 0 Å². The van der Waals surface area contributed by atoms with Crippen molar-refractivity contribution in [2.24, 2.45) is 0 Å². The summed E-state index contributed by atoms with van der Waals surface area (Å²) >= 11 is 6.10. The van der Waals surface area contributed by atoms with Gasteiger partial charge in [0.15, 0.2) is 5.69 Å². The van der Waals surface area contributed by atoms with Crippen LogP contribution in [0.4, 0.5) is 5.95 Å². The second-order valence-corrected chi connectivity index (χ2v) is 5.28. The Morgan fingerprint density at radius 3 is 2.38 bits per heavy atom. The maximum atomic E-state index is 12.5. The molecule has 0 radical (unpaired) electrons. The first-order valence-electron chi connectivity index (χ1n) is 6.98. The van der Waals surface area contributed by atoms with Crippen LogP contribution in [0, 0.1) is 0 Å². The molecule has 3 rings (SSSR count). The van der Waals surface area contributed by atoms with E-state index in [4.69, 9.17) is 21.1 Å². The number of halogens is 1. The third kappa shape index (κ3) is 3.25. The smallest absolute Gasteiger partial charge is 0.274 e. The third-order valence-electron chi connectivity index (χ3n) is 3.53. The van der Waals surface area contributed by atoms with Crippen molar-refractivity contribution >= 4 is 23.5 Å². The summed E-state index contributed by atoms with van der Waals surface area (Å²) in [7, 11) is 0. The van der Waals surface area contributed by atoms with Crippen molar-refractivity contribution in [1.29, 1.82) is 0 Å². The quantitative estimate of drug-likeness (QED) is 0.789. The molecule has 1 amide bonds. The first-order chi connectivity index (χ1) is 10.3. The zero-order valence-electron chi connectivity index (χ0n) is 11.6. The highest BCUT2D eigenvalue weighted by molar-refractivity contribution is 6.33. The molecular weight excluding hydrogens is 296 g/mol. The summed E-state index contributed by atoms with van der Waals surface area (Å²) in [5, 5.41) is 0.281. The molecule has 0 aromatic carbocycles. The molecule has 3 heterocycles. The monoisotopic (exact) mass is 312 g/mol. The van der Waals surface area contributed by atoms with Gasteiger partial charge < -0.3 is 19.3 Å². The molecule has 7 nitrogen and oxygen atoms in total. The first kappa shape index (κ1) is 14.5. The van der Waals surface area contributed by atoms with Gasteiger partial charge in [-0.05, 0) is 0 Å². The van der Waals surface area contributed by atoms with Crippen LogP contribution < -0.4 is 4.90 Å². The standard InChI is InChI=1S/C13H17ClN4O3/c14-10-9-15-13(18-3-7-21-8-4-18)16-11(10)12(19)17-1-5-20-6-2-17/h9H,1-8H2. The summed E-state index contributed by atoms with van der Waals surface area (Å²) in [4.78, 5) is 24.8. The normalized spacial score (nSPS) is 19.7. The van der Waals surface area contributed by atoms with E-state index in [0.29, 0.717) is 58.6 Å². The molecule has 0 atom stereocenters. The fraction of sp³-hybridized carbons (Fsp3) is 0.615. The summed E-state index contributed by atoms with van der Waals surface area (Å²) in [6.45, 7) is 4.92. The Bertz CT molecular complexity index is 516. The minimum absolute atomic E-state index is 0.166. The molecule has 1 aromatic rings. The summed E-state index contributed by atoms with van der Waals surface area (Å²) in [6.07, 6.45) is 1.49. The van der Waals surface area contributed by atoms with Crippen molar-refractivity contribution in [3.63, 3.8) is 0 Å². The number of hydrogen-bond donors (Lipinski definition) is 0. The van der Waals surface area contributed by atoms with Gasteiger partial charge in [-0.25, -0.2) is 9.97 Å². The molecule has 8 heteroatoms. The van der Waals surface area contributed by atoms with E-state index in [1.54, 1.807) is 4.90 Å². The molecule has 2 aliphatic heterocycles. The van der Waals surface area contributed by atoms with E-state index in [1.165, 1.54) is 6.20 Å². The van der Waals surface area contributed by atoms with Crippen molar-refractivity contribution in [1.82, 2.24) is 14.9 Å². The number of carbonyl (C=O) groups is 1. The van der Waals surface area contributed by atoms with Crippen LogP contribution in [0.2, 0.25) is 5.02 Å². The summed E-state index contributed by atoms with van der Waals surface area (Å²) < 4.78 is 10.6. The van der Waals surface area contributed by atoms with Gasteiger partial charge in [0, 0.05) is 26.2 Å². The van der Waals surface area contributed by atoms with Crippen LogP contribution in [0.25, 0.3) is 0 Å². The fourth-order valence-electron chi connectivity index (χ4n) is 2.34. The molecule has 114 valence electrons. The average Bonchev–Trinajstić information content (AvgIpc) is 2.56. The number of rotatable bonds is 2. The lowest BCUT2D eigenvalue weighted by Gasteiger charge is -2.28. The van der Waals surface area contributed by atoms with E-state index in [2.05, 4.69) is 9.97 Å². The largest absolute Gasteiger partial charge is 0.378 e. The van der Waals surface area contributed by atoms with Gasteiger partial charge in [-0.3, -0.25) is 4.79 Å². The lowest BCUT2D eigenvalue weighted by molar-refractivity contribution is 0.0299. The van der Waals surface area contributed by atoms with E-state index in [0.717, 1.165) is 0 Å². The number of hydrogen-bond acceptors (Lipinski definition) is 6. The molecule has 1 aromatic heterocycles. The zero-order chi connectivity index (χ0) is 14.7. The molecule has 0 saturated carbocycles. The second-order valence-electron chi connectivity index (χ2n) is 4.87. The number of carbonyl (C=O) groups excluding carboxylic acids is 1. The van der Waals surface area contributed by atoms with E-state index in [1.807, 2.05) is 4.90 Å². The van der Waals surface area contributed by atoms with Crippen molar-refractivity contribution in [2.45, 2.75) is 0 Å². The Hall–Kier alpha value is -1.44. The Labute approximate surface area is 127 Å². The van der Waals surface area contributed by atoms with Crippen molar-refractivity contribution in [3.8, 4) is 0 Å². The summed E-state index contributed by atoms with van der Waals surface area (Å²) in [5.74, 6) is 0.361. The Kier molecular flexibility index (Phi) is 4.52. The average molecular weight is 313 g/mol. The number of nitrogens with zero attached hydrogens (tertiary/aromatic N) is 4. The van der Waals surface area contributed by atoms with Gasteiger partial charge >= 0.3 is 0 Å². The number of amides is 1. The minimum atomic E-state index is -0.166. The lowest BCUT2D eigenvalue weighted by atomic mass is 10.3. The van der Waals surface area contributed by atoms with Gasteiger partial charge in [0.05, 0.1) is 37.6 Å². The Morgan fingerprint density at radius 1 is 1.10 bits per heavy atom. The van der Waals surface area contributed by atoms with Crippen LogP contribution in [0.1, 0.15) is 10.5 Å². The van der Waals surface area contributed by atoms with E-state index in [9.17, 15) is 4.79 Å². The second kappa shape index (κ2) is 6.55. The molecule has 21 heavy (non-hydrogen) atoms. The molecule has 2 fully saturated rings. The van der Waals surface area contributed by atoms with Gasteiger partial charge in [0.1, 0.15) is 0 Å². The van der Waals surface area contributed by atoms with E-state index < -0.39 is 0 Å². The van der Waals surface area contributed by atoms with Gasteiger partial charge in [-0.1, -0.05) is 11.6 Å². The highest BCUT2D eigenvalue weighted by Gasteiger charge is 2.24.